The maximum Gasteiger partial charge on any atom is 0.279 e. The molecule has 160 valence electrons. The molecule has 0 spiro atoms. The van der Waals surface area contributed by atoms with Crippen molar-refractivity contribution in [1.29, 1.82) is 0 Å². The predicted molar refractivity (Wildman–Crippen MR) is 120 cm³/mol. The van der Waals surface area contributed by atoms with Crippen LogP contribution < -0.4 is 9.47 Å². The molecular formula is C23H21ClN2O4S. The van der Waals surface area contributed by atoms with Gasteiger partial charge in [0, 0.05) is 23.1 Å². The van der Waals surface area contributed by atoms with Crippen LogP contribution in [0, 0.1) is 0 Å². The number of benzene rings is 3. The van der Waals surface area contributed by atoms with Crippen LogP contribution in [0.2, 0.25) is 5.02 Å². The topological polar surface area (TPSA) is 68.2 Å². The Bertz CT molecular complexity index is 1210. The fraction of sp³-hybridized carbons (Fsp3) is 0.174. The summed E-state index contributed by atoms with van der Waals surface area (Å²) >= 11 is 6.38. The first-order valence-corrected chi connectivity index (χ1v) is 11.4. The van der Waals surface area contributed by atoms with E-state index in [1.807, 2.05) is 18.2 Å². The maximum atomic E-state index is 13.5. The molecule has 0 aromatic heterocycles. The summed E-state index contributed by atoms with van der Waals surface area (Å²) in [5, 5.41) is 5.05. The van der Waals surface area contributed by atoms with Crippen LogP contribution >= 0.6 is 11.6 Å². The van der Waals surface area contributed by atoms with Crippen molar-refractivity contribution in [2.45, 2.75) is 17.4 Å². The van der Waals surface area contributed by atoms with E-state index in [2.05, 4.69) is 5.10 Å². The lowest BCUT2D eigenvalue weighted by atomic mass is 9.98. The fourth-order valence-electron chi connectivity index (χ4n) is 3.54. The molecule has 4 rings (SSSR count). The first-order chi connectivity index (χ1) is 14.9. The van der Waals surface area contributed by atoms with E-state index in [1.54, 1.807) is 68.8 Å². The molecule has 3 aromatic rings. The average molecular weight is 457 g/mol. The third-order valence-corrected chi connectivity index (χ3v) is 7.13. The summed E-state index contributed by atoms with van der Waals surface area (Å²) < 4.78 is 39.0. The lowest BCUT2D eigenvalue weighted by molar-refractivity contribution is 0.362. The molecule has 6 nitrogen and oxygen atoms in total. The number of hydrogen-bond donors (Lipinski definition) is 0. The Balaban J connectivity index is 1.85. The molecule has 8 heteroatoms. The minimum absolute atomic E-state index is 0.166. The zero-order valence-corrected chi connectivity index (χ0v) is 18.6. The Morgan fingerprint density at radius 2 is 1.55 bits per heavy atom. The lowest BCUT2D eigenvalue weighted by Crippen LogP contribution is -2.27. The molecular weight excluding hydrogens is 436 g/mol. The highest BCUT2D eigenvalue weighted by Crippen LogP contribution is 2.40. The number of halogens is 1. The highest BCUT2D eigenvalue weighted by Gasteiger charge is 2.38. The first-order valence-electron chi connectivity index (χ1n) is 9.59. The molecule has 0 fully saturated rings. The van der Waals surface area contributed by atoms with Crippen LogP contribution in [0.15, 0.2) is 82.8 Å². The summed E-state index contributed by atoms with van der Waals surface area (Å²) in [6.45, 7) is 0. The van der Waals surface area contributed by atoms with Gasteiger partial charge in [0.05, 0.1) is 30.9 Å². The van der Waals surface area contributed by atoms with E-state index in [-0.39, 0.29) is 4.90 Å². The Labute approximate surface area is 186 Å². The lowest BCUT2D eigenvalue weighted by Gasteiger charge is -2.24. The standard InChI is InChI=1S/C23H21ClN2O4S/c1-29-17-12-16(13-18(14-17)30-2)23-15-22(20-10-6-7-11-21(20)24)25-26(23)31(27,28)19-8-4-3-5-9-19/h3-14,23H,15H2,1-2H3/t23-/m0/s1. The zero-order chi connectivity index (χ0) is 22.0. The number of hydrazone groups is 1. The molecule has 0 N–H and O–H groups in total. The Kier molecular flexibility index (Phi) is 5.89. The maximum absolute atomic E-state index is 13.5. The molecule has 1 aliphatic rings. The normalized spacial score (nSPS) is 16.2. The minimum Gasteiger partial charge on any atom is -0.497 e. The van der Waals surface area contributed by atoms with Gasteiger partial charge in [-0.2, -0.15) is 17.9 Å². The van der Waals surface area contributed by atoms with Crippen molar-refractivity contribution in [1.82, 2.24) is 4.41 Å². The van der Waals surface area contributed by atoms with E-state index in [0.29, 0.717) is 39.8 Å². The van der Waals surface area contributed by atoms with Crippen molar-refractivity contribution in [2.75, 3.05) is 14.2 Å². The van der Waals surface area contributed by atoms with Gasteiger partial charge >= 0.3 is 0 Å². The third-order valence-electron chi connectivity index (χ3n) is 5.10. The summed E-state index contributed by atoms with van der Waals surface area (Å²) in [5.74, 6) is 1.13. The molecule has 0 saturated carbocycles. The summed E-state index contributed by atoms with van der Waals surface area (Å²) in [6.07, 6.45) is 0.353. The monoisotopic (exact) mass is 456 g/mol. The number of ether oxygens (including phenoxy) is 2. The molecule has 0 aliphatic carbocycles. The van der Waals surface area contributed by atoms with Crippen molar-refractivity contribution >= 4 is 27.3 Å². The van der Waals surface area contributed by atoms with Crippen molar-refractivity contribution in [2.24, 2.45) is 5.10 Å². The zero-order valence-electron chi connectivity index (χ0n) is 17.0. The van der Waals surface area contributed by atoms with Crippen LogP contribution in [0.25, 0.3) is 0 Å². The van der Waals surface area contributed by atoms with Gasteiger partial charge in [0.25, 0.3) is 10.0 Å². The minimum atomic E-state index is -3.91. The van der Waals surface area contributed by atoms with Gasteiger partial charge in [-0.25, -0.2) is 0 Å². The van der Waals surface area contributed by atoms with Gasteiger partial charge < -0.3 is 9.47 Å². The molecule has 3 aromatic carbocycles. The summed E-state index contributed by atoms with van der Waals surface area (Å²) in [5.41, 5.74) is 2.01. The molecule has 0 saturated heterocycles. The summed E-state index contributed by atoms with van der Waals surface area (Å²) in [6, 6.07) is 20.3. The predicted octanol–water partition coefficient (Wildman–Crippen LogP) is 4.90. The van der Waals surface area contributed by atoms with Gasteiger partial charge in [-0.05, 0) is 35.9 Å². The molecule has 0 unspecified atom stereocenters. The van der Waals surface area contributed by atoms with Crippen LogP contribution in [0.3, 0.4) is 0 Å². The van der Waals surface area contributed by atoms with E-state index in [4.69, 9.17) is 21.1 Å². The second-order valence-corrected chi connectivity index (χ2v) is 9.19. The smallest absolute Gasteiger partial charge is 0.279 e. The second-order valence-electron chi connectivity index (χ2n) is 6.98. The van der Waals surface area contributed by atoms with Gasteiger partial charge in [0.15, 0.2) is 0 Å². The highest BCUT2D eigenvalue weighted by atomic mass is 35.5. The van der Waals surface area contributed by atoms with Crippen LogP contribution in [-0.4, -0.2) is 32.8 Å². The number of nitrogens with zero attached hydrogens (tertiary/aromatic N) is 2. The largest absolute Gasteiger partial charge is 0.497 e. The van der Waals surface area contributed by atoms with Crippen molar-refractivity contribution in [3.05, 3.63) is 88.9 Å². The number of sulfonamides is 1. The number of methoxy groups -OCH3 is 2. The highest BCUT2D eigenvalue weighted by molar-refractivity contribution is 7.89. The van der Waals surface area contributed by atoms with E-state index in [9.17, 15) is 8.42 Å². The summed E-state index contributed by atoms with van der Waals surface area (Å²) in [4.78, 5) is 0.166. The van der Waals surface area contributed by atoms with E-state index < -0.39 is 16.1 Å². The van der Waals surface area contributed by atoms with Crippen molar-refractivity contribution in [3.63, 3.8) is 0 Å². The van der Waals surface area contributed by atoms with Crippen LogP contribution in [0.4, 0.5) is 0 Å². The third kappa shape index (κ3) is 4.11. The Hall–Kier alpha value is -3.03. The number of hydrogen-bond acceptors (Lipinski definition) is 5. The van der Waals surface area contributed by atoms with E-state index in [0.717, 1.165) is 4.41 Å². The van der Waals surface area contributed by atoms with Crippen LogP contribution in [0.5, 0.6) is 11.5 Å². The van der Waals surface area contributed by atoms with Gasteiger partial charge in [0.1, 0.15) is 11.5 Å². The number of rotatable bonds is 6. The molecule has 0 radical (unpaired) electrons. The molecule has 0 amide bonds. The Morgan fingerprint density at radius 3 is 2.16 bits per heavy atom. The van der Waals surface area contributed by atoms with Crippen molar-refractivity contribution in [3.8, 4) is 11.5 Å². The quantitative estimate of drug-likeness (QED) is 0.529. The first kappa shape index (κ1) is 21.2. The van der Waals surface area contributed by atoms with Crippen LogP contribution in [0.1, 0.15) is 23.6 Å². The van der Waals surface area contributed by atoms with Crippen LogP contribution in [-0.2, 0) is 10.0 Å². The average Bonchev–Trinajstić information content (AvgIpc) is 3.26. The van der Waals surface area contributed by atoms with E-state index >= 15 is 0 Å². The summed E-state index contributed by atoms with van der Waals surface area (Å²) in [7, 11) is -0.802. The fourth-order valence-corrected chi connectivity index (χ4v) is 5.24. The van der Waals surface area contributed by atoms with Gasteiger partial charge in [-0.1, -0.05) is 48.0 Å². The molecule has 1 atom stereocenters. The SMILES string of the molecule is COc1cc(OC)cc([C@@H]2CC(c3ccccc3Cl)=NN2S(=O)(=O)c2ccccc2)c1. The molecule has 31 heavy (non-hydrogen) atoms. The molecule has 1 aliphatic heterocycles. The second kappa shape index (κ2) is 8.61. The molecule has 1 heterocycles. The molecule has 0 bridgehead atoms. The van der Waals surface area contributed by atoms with Gasteiger partial charge in [-0.3, -0.25) is 0 Å². The van der Waals surface area contributed by atoms with Gasteiger partial charge in [0.2, 0.25) is 0 Å². The Morgan fingerprint density at radius 1 is 0.935 bits per heavy atom. The van der Waals surface area contributed by atoms with Crippen molar-refractivity contribution < 1.29 is 17.9 Å². The van der Waals surface area contributed by atoms with E-state index in [1.165, 1.54) is 0 Å². The van der Waals surface area contributed by atoms with Gasteiger partial charge in [-0.15, -0.1) is 0 Å².